The maximum absolute atomic E-state index is 11.0. The molecule has 0 aromatic carbocycles. The Labute approximate surface area is 201 Å². The molecule has 0 radical (unpaired) electrons. The van der Waals surface area contributed by atoms with Crippen molar-refractivity contribution in [2.24, 2.45) is 0 Å². The van der Waals surface area contributed by atoms with Gasteiger partial charge in [0.1, 0.15) is 0 Å². The highest BCUT2D eigenvalue weighted by Gasteiger charge is 2.27. The predicted molar refractivity (Wildman–Crippen MR) is 131 cm³/mol. The molecule has 0 aliphatic rings. The zero-order valence-corrected chi connectivity index (χ0v) is 21.1. The normalized spacial score (nSPS) is 11.5. The van der Waals surface area contributed by atoms with Crippen molar-refractivity contribution in [3.8, 4) is 0 Å². The molecule has 0 heterocycles. The maximum atomic E-state index is 11.0. The molecule has 0 unspecified atom stereocenters. The fourth-order valence-corrected chi connectivity index (χ4v) is 4.66. The highest BCUT2D eigenvalue weighted by atomic mass is 16.4. The smallest absolute Gasteiger partial charge is 0.303 e. The van der Waals surface area contributed by atoms with E-state index in [2.05, 4.69) is 6.92 Å². The number of hydrogen-bond acceptors (Lipinski definition) is 3. The summed E-state index contributed by atoms with van der Waals surface area (Å²) in [4.78, 5) is 33.0. The van der Waals surface area contributed by atoms with Crippen molar-refractivity contribution in [3.05, 3.63) is 0 Å². The van der Waals surface area contributed by atoms with Gasteiger partial charge in [0, 0.05) is 19.3 Å². The van der Waals surface area contributed by atoms with Crippen molar-refractivity contribution in [1.29, 1.82) is 0 Å². The summed E-state index contributed by atoms with van der Waals surface area (Å²) in [5.74, 6) is -2.47. The lowest BCUT2D eigenvalue weighted by Crippen LogP contribution is -2.51. The first-order valence-electron chi connectivity index (χ1n) is 13.3. The highest BCUT2D eigenvalue weighted by molar-refractivity contribution is 5.67. The van der Waals surface area contributed by atoms with Crippen molar-refractivity contribution >= 4 is 17.9 Å². The predicted octanol–water partition coefficient (Wildman–Crippen LogP) is 6.10. The van der Waals surface area contributed by atoms with Gasteiger partial charge in [-0.2, -0.15) is 0 Å². The van der Waals surface area contributed by atoms with Gasteiger partial charge >= 0.3 is 17.9 Å². The molecule has 0 rings (SSSR count). The summed E-state index contributed by atoms with van der Waals surface area (Å²) in [6.07, 6.45) is 17.1. The lowest BCUT2D eigenvalue weighted by molar-refractivity contribution is -0.929. The van der Waals surface area contributed by atoms with Gasteiger partial charge in [0.25, 0.3) is 0 Å². The number of unbranched alkanes of at least 4 members (excludes halogenated alkanes) is 11. The van der Waals surface area contributed by atoms with E-state index >= 15 is 0 Å². The third-order valence-corrected chi connectivity index (χ3v) is 6.56. The number of carbonyl (C=O) groups is 3. The fraction of sp³-hybridized carbons (Fsp3) is 0.885. The van der Waals surface area contributed by atoms with Gasteiger partial charge in [0.15, 0.2) is 0 Å². The van der Waals surface area contributed by atoms with E-state index in [4.69, 9.17) is 15.3 Å². The quantitative estimate of drug-likeness (QED) is 0.109. The number of quaternary nitrogens is 1. The van der Waals surface area contributed by atoms with Crippen LogP contribution in [0.4, 0.5) is 0 Å². The van der Waals surface area contributed by atoms with E-state index in [0.717, 1.165) is 19.4 Å². The summed E-state index contributed by atoms with van der Waals surface area (Å²) in [6, 6.07) is 0. The molecule has 0 aromatic heterocycles. The van der Waals surface area contributed by atoms with Crippen LogP contribution in [-0.2, 0) is 14.4 Å². The minimum absolute atomic E-state index is 0.0936. The third kappa shape index (κ3) is 20.7. The van der Waals surface area contributed by atoms with Gasteiger partial charge in [-0.1, -0.05) is 71.1 Å². The molecule has 0 spiro atoms. The zero-order chi connectivity index (χ0) is 24.8. The first kappa shape index (κ1) is 31.4. The van der Waals surface area contributed by atoms with Gasteiger partial charge in [-0.05, 0) is 12.8 Å². The van der Waals surface area contributed by atoms with Gasteiger partial charge in [-0.3, -0.25) is 14.4 Å². The van der Waals surface area contributed by atoms with Crippen LogP contribution < -0.4 is 0 Å². The maximum Gasteiger partial charge on any atom is 0.303 e. The molecule has 33 heavy (non-hydrogen) atoms. The molecule has 0 aliphatic heterocycles. The molecule has 0 amide bonds. The van der Waals surface area contributed by atoms with Gasteiger partial charge in [0.05, 0.1) is 45.4 Å². The van der Waals surface area contributed by atoms with Crippen LogP contribution in [0.25, 0.3) is 0 Å². The lowest BCUT2D eigenvalue weighted by atomic mass is 10.0. The van der Waals surface area contributed by atoms with E-state index in [1.165, 1.54) is 64.2 Å². The second kappa shape index (κ2) is 20.9. The van der Waals surface area contributed by atoms with Crippen LogP contribution in [0.3, 0.4) is 0 Å². The number of aliphatic carboxylic acids is 3. The van der Waals surface area contributed by atoms with Crippen LogP contribution in [0, 0.1) is 0 Å². The number of rotatable bonds is 25. The Morgan fingerprint density at radius 3 is 1.03 bits per heavy atom. The van der Waals surface area contributed by atoms with Gasteiger partial charge in [0.2, 0.25) is 0 Å². The van der Waals surface area contributed by atoms with E-state index < -0.39 is 17.9 Å². The number of carboxylic acid groups (broad SMARTS) is 3. The topological polar surface area (TPSA) is 112 Å². The molecule has 0 saturated carbocycles. The highest BCUT2D eigenvalue weighted by Crippen LogP contribution is 2.18. The van der Waals surface area contributed by atoms with Gasteiger partial charge < -0.3 is 19.8 Å². The minimum Gasteiger partial charge on any atom is -0.481 e. The standard InChI is InChI=1S/C26H49NO6/c1-2-3-4-5-6-7-8-9-10-11-12-13-20-27(21-14-17-24(28)29,22-15-18-25(30)31)23-16-19-26(32)33/h2-23H2,1H3,(H2-,28,29,30,31,32,33)/p+1. The van der Waals surface area contributed by atoms with Crippen LogP contribution in [0.2, 0.25) is 0 Å². The molecule has 194 valence electrons. The fourth-order valence-electron chi connectivity index (χ4n) is 4.66. The minimum atomic E-state index is -0.825. The average molecular weight is 473 g/mol. The Bertz CT molecular complexity index is 473. The molecule has 0 atom stereocenters. The molecular formula is C26H50NO6+. The first-order chi connectivity index (χ1) is 15.8. The average Bonchev–Trinajstić information content (AvgIpc) is 2.73. The third-order valence-electron chi connectivity index (χ3n) is 6.56. The van der Waals surface area contributed by atoms with Crippen LogP contribution in [0.5, 0.6) is 0 Å². The Hall–Kier alpha value is -1.63. The monoisotopic (exact) mass is 472 g/mol. The summed E-state index contributed by atoms with van der Waals surface area (Å²) in [5, 5.41) is 27.1. The summed E-state index contributed by atoms with van der Waals surface area (Å²) in [7, 11) is 0. The number of nitrogens with zero attached hydrogens (tertiary/aromatic N) is 1. The second-order valence-corrected chi connectivity index (χ2v) is 9.62. The first-order valence-corrected chi connectivity index (χ1v) is 13.3. The molecule has 0 saturated heterocycles. The molecular weight excluding hydrogens is 422 g/mol. The van der Waals surface area contributed by atoms with Crippen LogP contribution in [0.15, 0.2) is 0 Å². The van der Waals surface area contributed by atoms with Crippen molar-refractivity contribution < 1.29 is 34.2 Å². The Kier molecular flexibility index (Phi) is 19.9. The summed E-state index contributed by atoms with van der Waals surface area (Å²) in [6.45, 7) is 5.12. The summed E-state index contributed by atoms with van der Waals surface area (Å²) >= 11 is 0. The number of carboxylic acids is 3. The van der Waals surface area contributed by atoms with E-state index in [0.29, 0.717) is 43.4 Å². The van der Waals surface area contributed by atoms with Crippen LogP contribution in [0.1, 0.15) is 122 Å². The molecule has 7 nitrogen and oxygen atoms in total. The van der Waals surface area contributed by atoms with Crippen molar-refractivity contribution in [3.63, 3.8) is 0 Å². The second-order valence-electron chi connectivity index (χ2n) is 9.62. The molecule has 0 bridgehead atoms. The van der Waals surface area contributed by atoms with E-state index in [1.54, 1.807) is 0 Å². The largest absolute Gasteiger partial charge is 0.481 e. The molecule has 3 N–H and O–H groups in total. The Morgan fingerprint density at radius 1 is 0.455 bits per heavy atom. The van der Waals surface area contributed by atoms with Crippen molar-refractivity contribution in [2.45, 2.75) is 122 Å². The summed E-state index contributed by atoms with van der Waals surface area (Å²) in [5.41, 5.74) is 0. The number of hydrogen-bond donors (Lipinski definition) is 3. The molecule has 0 aliphatic carbocycles. The van der Waals surface area contributed by atoms with Gasteiger partial charge in [-0.15, -0.1) is 0 Å². The Morgan fingerprint density at radius 2 is 0.727 bits per heavy atom. The van der Waals surface area contributed by atoms with Crippen LogP contribution in [-0.4, -0.2) is 63.9 Å². The van der Waals surface area contributed by atoms with E-state index in [9.17, 15) is 14.4 Å². The van der Waals surface area contributed by atoms with Gasteiger partial charge in [-0.25, -0.2) is 0 Å². The van der Waals surface area contributed by atoms with Crippen LogP contribution >= 0.6 is 0 Å². The van der Waals surface area contributed by atoms with E-state index in [-0.39, 0.29) is 19.3 Å². The Balaban J connectivity index is 4.47. The molecule has 7 heteroatoms. The SMILES string of the molecule is CCCCCCCCCCCCCC[N+](CCCC(=O)O)(CCCC(=O)O)CCCC(=O)O. The van der Waals surface area contributed by atoms with Crippen molar-refractivity contribution in [1.82, 2.24) is 0 Å². The van der Waals surface area contributed by atoms with E-state index in [1.807, 2.05) is 0 Å². The summed E-state index contributed by atoms with van der Waals surface area (Å²) < 4.78 is 0.644. The lowest BCUT2D eigenvalue weighted by Gasteiger charge is -2.39. The molecule has 0 aromatic rings. The molecule has 0 fully saturated rings. The zero-order valence-electron chi connectivity index (χ0n) is 21.1. The van der Waals surface area contributed by atoms with Crippen molar-refractivity contribution in [2.75, 3.05) is 26.2 Å².